The average Bonchev–Trinajstić information content (AvgIpc) is 3.37. The number of halogens is 3. The van der Waals surface area contributed by atoms with Crippen molar-refractivity contribution in [3.05, 3.63) is 28.8 Å². The minimum absolute atomic E-state index is 0.0490. The number of nitrogens with one attached hydrogen (secondary N) is 1. The first-order chi connectivity index (χ1) is 19.8. The molecule has 0 spiro atoms. The molecule has 3 heterocycles. The quantitative estimate of drug-likeness (QED) is 0.443. The minimum atomic E-state index is -4.99. The summed E-state index contributed by atoms with van der Waals surface area (Å²) >= 11 is 1.22. The van der Waals surface area contributed by atoms with E-state index in [1.165, 1.54) is 23.5 Å². The minimum Gasteiger partial charge on any atom is -0.444 e. The first-order valence-electron chi connectivity index (χ1n) is 13.3. The maximum absolute atomic E-state index is 13.1. The second-order valence-electron chi connectivity index (χ2n) is 10.7. The molecule has 2 fully saturated rings. The number of alkyl halides is 3. The summed E-state index contributed by atoms with van der Waals surface area (Å²) in [6.45, 7) is 9.20. The van der Waals surface area contributed by atoms with E-state index in [4.69, 9.17) is 9.47 Å². The van der Waals surface area contributed by atoms with Crippen LogP contribution in [-0.4, -0.2) is 109 Å². The number of hydrogen-bond acceptors (Lipinski definition) is 11. The zero-order valence-corrected chi connectivity index (χ0v) is 24.3. The highest BCUT2D eigenvalue weighted by Crippen LogP contribution is 2.32. The van der Waals surface area contributed by atoms with Gasteiger partial charge in [0.1, 0.15) is 10.6 Å². The lowest BCUT2D eigenvalue weighted by atomic mass is 10.1. The Morgan fingerprint density at radius 2 is 1.71 bits per heavy atom. The summed E-state index contributed by atoms with van der Waals surface area (Å²) in [7, 11) is 0. The van der Waals surface area contributed by atoms with Crippen LogP contribution in [0.3, 0.4) is 0 Å². The number of morpholine rings is 1. The van der Waals surface area contributed by atoms with Crippen molar-refractivity contribution in [1.29, 1.82) is 0 Å². The number of ketones is 1. The highest BCUT2D eigenvalue weighted by Gasteiger charge is 2.33. The lowest BCUT2D eigenvalue weighted by Gasteiger charge is -2.35. The summed E-state index contributed by atoms with van der Waals surface area (Å²) in [6, 6.07) is 3.37. The van der Waals surface area contributed by atoms with Crippen molar-refractivity contribution < 1.29 is 41.8 Å². The average molecular weight is 615 g/mol. The lowest BCUT2D eigenvalue weighted by molar-refractivity contribution is -0.274. The Kier molecular flexibility index (Phi) is 9.89. The molecule has 1 aromatic heterocycles. The zero-order valence-electron chi connectivity index (χ0n) is 23.5. The monoisotopic (exact) mass is 614 g/mol. The van der Waals surface area contributed by atoms with Gasteiger partial charge in [-0.3, -0.25) is 14.5 Å². The molecule has 2 aliphatic heterocycles. The summed E-state index contributed by atoms with van der Waals surface area (Å²) in [5.41, 5.74) is -0.776. The second kappa shape index (κ2) is 13.2. The zero-order chi connectivity index (χ0) is 30.5. The van der Waals surface area contributed by atoms with Gasteiger partial charge in [0.25, 0.3) is 0 Å². The van der Waals surface area contributed by atoms with Crippen molar-refractivity contribution in [2.45, 2.75) is 39.2 Å². The molecule has 0 bridgehead atoms. The molecule has 2 aliphatic rings. The van der Waals surface area contributed by atoms with Gasteiger partial charge in [-0.15, -0.1) is 23.4 Å². The van der Waals surface area contributed by atoms with E-state index in [0.29, 0.717) is 62.6 Å². The van der Waals surface area contributed by atoms with Gasteiger partial charge in [0.05, 0.1) is 31.9 Å². The molecule has 2 amide bonds. The van der Waals surface area contributed by atoms with E-state index in [0.717, 1.165) is 6.07 Å². The molecule has 0 radical (unpaired) electrons. The molecule has 16 heteroatoms. The maximum atomic E-state index is 13.1. The van der Waals surface area contributed by atoms with Crippen LogP contribution in [0.5, 0.6) is 5.75 Å². The lowest BCUT2D eigenvalue weighted by Crippen LogP contribution is -2.50. The summed E-state index contributed by atoms with van der Waals surface area (Å²) in [6.07, 6.45) is -5.51. The molecule has 2 saturated heterocycles. The predicted octanol–water partition coefficient (Wildman–Crippen LogP) is 3.19. The number of Topliss-reactive ketones (excluding diaryl/α,β-unsaturated/α-hetero) is 1. The molecular weight excluding hydrogens is 581 g/mol. The third-order valence-electron chi connectivity index (χ3n) is 6.24. The molecule has 0 aliphatic carbocycles. The number of anilines is 2. The number of nitrogens with zero attached hydrogens (tertiary/aromatic N) is 5. The fourth-order valence-electron chi connectivity index (χ4n) is 4.26. The van der Waals surface area contributed by atoms with Crippen LogP contribution < -0.4 is 15.0 Å². The number of carbonyl (C=O) groups excluding carboxylic acids is 3. The number of aromatic nitrogens is 2. The summed E-state index contributed by atoms with van der Waals surface area (Å²) in [4.78, 5) is 43.3. The van der Waals surface area contributed by atoms with Gasteiger partial charge in [-0.1, -0.05) is 11.3 Å². The second-order valence-corrected chi connectivity index (χ2v) is 11.8. The van der Waals surface area contributed by atoms with E-state index < -0.39 is 29.4 Å². The van der Waals surface area contributed by atoms with Crippen LogP contribution in [0, 0.1) is 0 Å². The van der Waals surface area contributed by atoms with E-state index in [2.05, 4.69) is 20.3 Å². The molecule has 4 rings (SSSR count). The highest BCUT2D eigenvalue weighted by atomic mass is 32.1. The Balaban J connectivity index is 1.38. The molecule has 0 atom stereocenters. The molecule has 12 nitrogen and oxygen atoms in total. The topological polar surface area (TPSA) is 126 Å². The van der Waals surface area contributed by atoms with Crippen molar-refractivity contribution in [2.24, 2.45) is 0 Å². The van der Waals surface area contributed by atoms with Gasteiger partial charge < -0.3 is 29.3 Å². The summed E-state index contributed by atoms with van der Waals surface area (Å²) < 4.78 is 53.7. The number of hydrogen-bond donors (Lipinski definition) is 1. The van der Waals surface area contributed by atoms with E-state index in [1.807, 2.05) is 9.80 Å². The third-order valence-corrected chi connectivity index (χ3v) is 7.23. The highest BCUT2D eigenvalue weighted by molar-refractivity contribution is 7.15. The number of piperazine rings is 1. The molecule has 2 aromatic rings. The number of carbonyl (C=O) groups is 3. The SMILES string of the molecule is CC(C)(C)OC(=O)N1CCN(c2nnc(CC(=O)c3ccc(OC(F)(F)F)c(NC(=O)CN4CCOCC4)c3)s2)CC1. The first kappa shape index (κ1) is 31.4. The molecule has 0 unspecified atom stereocenters. The maximum Gasteiger partial charge on any atom is 0.573 e. The normalized spacial score (nSPS) is 16.7. The van der Waals surface area contributed by atoms with Crippen molar-refractivity contribution in [2.75, 3.05) is 69.2 Å². The van der Waals surface area contributed by atoms with E-state index in [-0.39, 0.29) is 30.3 Å². The molecule has 1 aromatic carbocycles. The largest absolute Gasteiger partial charge is 0.573 e. The van der Waals surface area contributed by atoms with Crippen molar-refractivity contribution in [1.82, 2.24) is 20.0 Å². The molecule has 42 heavy (non-hydrogen) atoms. The fraction of sp³-hybridized carbons (Fsp3) is 0.577. The van der Waals surface area contributed by atoms with Crippen molar-refractivity contribution in [3.63, 3.8) is 0 Å². The Morgan fingerprint density at radius 1 is 1.02 bits per heavy atom. The Hall–Kier alpha value is -3.50. The van der Waals surface area contributed by atoms with Gasteiger partial charge in [-0.25, -0.2) is 4.79 Å². The molecular formula is C26H33F3N6O6S. The third kappa shape index (κ3) is 9.25. The van der Waals surface area contributed by atoms with Crippen LogP contribution in [0.25, 0.3) is 0 Å². The van der Waals surface area contributed by atoms with Crippen molar-refractivity contribution in [3.8, 4) is 5.75 Å². The number of rotatable bonds is 8. The van der Waals surface area contributed by atoms with Crippen LogP contribution in [-0.2, 0) is 20.7 Å². The molecule has 0 saturated carbocycles. The van der Waals surface area contributed by atoms with Gasteiger partial charge in [-0.05, 0) is 39.0 Å². The smallest absolute Gasteiger partial charge is 0.444 e. The van der Waals surface area contributed by atoms with Gasteiger partial charge >= 0.3 is 12.5 Å². The van der Waals surface area contributed by atoms with Crippen LogP contribution in [0.2, 0.25) is 0 Å². The Morgan fingerprint density at radius 3 is 2.36 bits per heavy atom. The summed E-state index contributed by atoms with van der Waals surface area (Å²) in [5.74, 6) is -1.60. The van der Waals surface area contributed by atoms with Gasteiger partial charge in [-0.2, -0.15) is 0 Å². The number of benzene rings is 1. The first-order valence-corrected chi connectivity index (χ1v) is 14.2. The van der Waals surface area contributed by atoms with E-state index >= 15 is 0 Å². The van der Waals surface area contributed by atoms with Crippen LogP contribution >= 0.6 is 11.3 Å². The summed E-state index contributed by atoms with van der Waals surface area (Å²) in [5, 5.41) is 11.7. The van der Waals surface area contributed by atoms with Crippen LogP contribution in [0.15, 0.2) is 18.2 Å². The van der Waals surface area contributed by atoms with Crippen LogP contribution in [0.1, 0.15) is 36.1 Å². The Labute approximate surface area is 244 Å². The predicted molar refractivity (Wildman–Crippen MR) is 147 cm³/mol. The van der Waals surface area contributed by atoms with E-state index in [9.17, 15) is 27.6 Å². The van der Waals surface area contributed by atoms with Gasteiger partial charge in [0.15, 0.2) is 11.5 Å². The van der Waals surface area contributed by atoms with Crippen molar-refractivity contribution >= 4 is 39.9 Å². The van der Waals surface area contributed by atoms with Gasteiger partial charge in [0, 0.05) is 44.8 Å². The molecule has 1 N–H and O–H groups in total. The Bertz CT molecular complexity index is 1270. The fourth-order valence-corrected chi connectivity index (χ4v) is 5.15. The van der Waals surface area contributed by atoms with Gasteiger partial charge in [0.2, 0.25) is 11.0 Å². The van der Waals surface area contributed by atoms with E-state index in [1.54, 1.807) is 25.7 Å². The number of amides is 2. The molecule has 230 valence electrons. The number of ether oxygens (including phenoxy) is 3. The standard InChI is InChI=1S/C26H33F3N6O6S/c1-25(2,3)41-24(38)35-8-6-34(7-9-35)23-32-31-22(42-23)15-19(36)17-4-5-20(40-26(27,28)29)18(14-17)30-21(37)16-33-10-12-39-13-11-33/h4-5,14H,6-13,15-16H2,1-3H3,(H,30,37). The van der Waals surface area contributed by atoms with Crippen LogP contribution in [0.4, 0.5) is 28.8 Å².